The zero-order valence-corrected chi connectivity index (χ0v) is 9.80. The van der Waals surface area contributed by atoms with Gasteiger partial charge in [-0.25, -0.2) is 17.6 Å². The topological polar surface area (TPSA) is 50.2 Å². The van der Waals surface area contributed by atoms with E-state index in [-0.39, 0.29) is 0 Å². The number of nitrogens with zero attached hydrogens (tertiary/aromatic N) is 1. The van der Waals surface area contributed by atoms with E-state index in [9.17, 15) is 27.5 Å². The second kappa shape index (κ2) is 4.47. The van der Waals surface area contributed by atoms with E-state index in [1.54, 1.807) is 0 Å². The minimum Gasteiger partial charge on any atom is -0.481 e. The van der Waals surface area contributed by atoms with E-state index in [2.05, 4.69) is 4.98 Å². The predicted molar refractivity (Wildman–Crippen MR) is 56.9 cm³/mol. The minimum absolute atomic E-state index is 0.507. The third-order valence-electron chi connectivity index (χ3n) is 3.58. The Labute approximate surface area is 106 Å². The van der Waals surface area contributed by atoms with E-state index in [0.29, 0.717) is 12.4 Å². The van der Waals surface area contributed by atoms with Crippen LogP contribution in [-0.2, 0) is 10.2 Å². The zero-order chi connectivity index (χ0) is 14.3. The van der Waals surface area contributed by atoms with Gasteiger partial charge >= 0.3 is 5.97 Å². The molecule has 104 valence electrons. The van der Waals surface area contributed by atoms with Crippen molar-refractivity contribution in [2.24, 2.45) is 0 Å². The van der Waals surface area contributed by atoms with Gasteiger partial charge in [0.15, 0.2) is 0 Å². The van der Waals surface area contributed by atoms with Gasteiger partial charge in [-0.3, -0.25) is 9.78 Å². The molecular formula is C12H11F4NO2. The summed E-state index contributed by atoms with van der Waals surface area (Å²) in [5.41, 5.74) is -2.62. The third kappa shape index (κ3) is 2.29. The van der Waals surface area contributed by atoms with Crippen molar-refractivity contribution in [2.45, 2.75) is 37.0 Å². The van der Waals surface area contributed by atoms with Crippen LogP contribution in [-0.4, -0.2) is 22.0 Å². The number of rotatable bonds is 2. The van der Waals surface area contributed by atoms with E-state index >= 15 is 0 Å². The van der Waals surface area contributed by atoms with Gasteiger partial charge in [0, 0.05) is 18.4 Å². The summed E-state index contributed by atoms with van der Waals surface area (Å²) in [7, 11) is 0. The van der Waals surface area contributed by atoms with Gasteiger partial charge in [0.1, 0.15) is 11.6 Å². The van der Waals surface area contributed by atoms with Crippen LogP contribution < -0.4 is 0 Å². The van der Waals surface area contributed by atoms with Crippen LogP contribution in [0.4, 0.5) is 17.6 Å². The molecule has 1 fully saturated rings. The normalized spacial score (nSPS) is 21.1. The highest BCUT2D eigenvalue weighted by atomic mass is 19.3. The van der Waals surface area contributed by atoms with Crippen molar-refractivity contribution in [3.8, 4) is 0 Å². The van der Waals surface area contributed by atoms with Gasteiger partial charge in [-0.15, -0.1) is 0 Å². The van der Waals surface area contributed by atoms with Crippen molar-refractivity contribution < 1.29 is 27.5 Å². The average molecular weight is 277 g/mol. The van der Waals surface area contributed by atoms with E-state index in [4.69, 9.17) is 0 Å². The maximum absolute atomic E-state index is 13.7. The highest BCUT2D eigenvalue weighted by Crippen LogP contribution is 2.46. The number of carbonyl (C=O) groups is 1. The minimum atomic E-state index is -2.99. The van der Waals surface area contributed by atoms with Gasteiger partial charge in [-0.1, -0.05) is 0 Å². The standard InChI is InChI=1S/C12H11F4NO2/c13-7-5-17-6-8(14)9(7)11(10(18)19)1-3-12(15,16)4-2-11/h5-6H,1-4H2,(H,18,19). The number of hydrogen-bond acceptors (Lipinski definition) is 2. The van der Waals surface area contributed by atoms with Crippen LogP contribution in [0.15, 0.2) is 12.4 Å². The number of carboxylic acid groups (broad SMARTS) is 1. The fraction of sp³-hybridized carbons (Fsp3) is 0.500. The molecule has 0 unspecified atom stereocenters. The number of aliphatic carboxylic acids is 1. The molecule has 7 heteroatoms. The molecule has 2 rings (SSSR count). The lowest BCUT2D eigenvalue weighted by Crippen LogP contribution is -2.44. The number of alkyl halides is 2. The quantitative estimate of drug-likeness (QED) is 0.846. The van der Waals surface area contributed by atoms with Crippen LogP contribution in [0.5, 0.6) is 0 Å². The van der Waals surface area contributed by atoms with Gasteiger partial charge in [0.05, 0.1) is 17.8 Å². The first-order valence-corrected chi connectivity index (χ1v) is 5.69. The van der Waals surface area contributed by atoms with E-state index in [0.717, 1.165) is 0 Å². The van der Waals surface area contributed by atoms with Crippen molar-refractivity contribution in [3.63, 3.8) is 0 Å². The van der Waals surface area contributed by atoms with Gasteiger partial charge < -0.3 is 5.11 Å². The predicted octanol–water partition coefficient (Wildman–Crippen LogP) is 2.89. The molecule has 0 spiro atoms. The van der Waals surface area contributed by atoms with E-state index in [1.165, 1.54) is 0 Å². The molecule has 19 heavy (non-hydrogen) atoms. The number of aromatic nitrogens is 1. The SMILES string of the molecule is O=C(O)C1(c2c(F)cncc2F)CCC(F)(F)CC1. The smallest absolute Gasteiger partial charge is 0.314 e. The van der Waals surface area contributed by atoms with Crippen molar-refractivity contribution in [3.05, 3.63) is 29.6 Å². The van der Waals surface area contributed by atoms with Crippen molar-refractivity contribution >= 4 is 5.97 Å². The van der Waals surface area contributed by atoms with Crippen LogP contribution >= 0.6 is 0 Å². The molecular weight excluding hydrogens is 266 g/mol. The van der Waals surface area contributed by atoms with E-state index in [1.807, 2.05) is 0 Å². The summed E-state index contributed by atoms with van der Waals surface area (Å²) >= 11 is 0. The molecule has 1 aliphatic rings. The molecule has 1 aromatic heterocycles. The third-order valence-corrected chi connectivity index (χ3v) is 3.58. The highest BCUT2D eigenvalue weighted by Gasteiger charge is 2.51. The van der Waals surface area contributed by atoms with Crippen LogP contribution in [0.1, 0.15) is 31.2 Å². The summed E-state index contributed by atoms with van der Waals surface area (Å²) in [6, 6.07) is 0. The molecule has 0 saturated heterocycles. The highest BCUT2D eigenvalue weighted by molar-refractivity contribution is 5.81. The Balaban J connectivity index is 2.50. The second-order valence-electron chi connectivity index (χ2n) is 4.72. The first-order chi connectivity index (χ1) is 8.78. The first-order valence-electron chi connectivity index (χ1n) is 5.69. The van der Waals surface area contributed by atoms with Gasteiger partial charge in [0.2, 0.25) is 5.92 Å². The summed E-state index contributed by atoms with van der Waals surface area (Å²) in [6.45, 7) is 0. The van der Waals surface area contributed by atoms with Crippen LogP contribution in [0.3, 0.4) is 0 Å². The van der Waals surface area contributed by atoms with Gasteiger partial charge in [-0.05, 0) is 12.8 Å². The van der Waals surface area contributed by atoms with Crippen molar-refractivity contribution in [1.82, 2.24) is 4.98 Å². The summed E-state index contributed by atoms with van der Waals surface area (Å²) < 4.78 is 53.6. The Morgan fingerprint density at radius 1 is 1.11 bits per heavy atom. The molecule has 1 heterocycles. The largest absolute Gasteiger partial charge is 0.481 e. The molecule has 0 bridgehead atoms. The van der Waals surface area contributed by atoms with Gasteiger partial charge in [-0.2, -0.15) is 0 Å². The first kappa shape index (κ1) is 13.8. The zero-order valence-electron chi connectivity index (χ0n) is 9.80. The number of hydrogen-bond donors (Lipinski definition) is 1. The summed E-state index contributed by atoms with van der Waals surface area (Å²) in [5, 5.41) is 9.26. The lowest BCUT2D eigenvalue weighted by atomic mass is 9.68. The Kier molecular flexibility index (Phi) is 3.24. The lowest BCUT2D eigenvalue weighted by Gasteiger charge is -2.37. The molecule has 0 atom stereocenters. The van der Waals surface area contributed by atoms with Crippen molar-refractivity contribution in [1.29, 1.82) is 0 Å². The monoisotopic (exact) mass is 277 g/mol. The number of pyridine rings is 1. The van der Waals surface area contributed by atoms with Crippen LogP contribution in [0.2, 0.25) is 0 Å². The fourth-order valence-corrected chi connectivity index (χ4v) is 2.48. The summed E-state index contributed by atoms with van der Waals surface area (Å²) in [5.74, 6) is -6.72. The Morgan fingerprint density at radius 2 is 1.58 bits per heavy atom. The second-order valence-corrected chi connectivity index (χ2v) is 4.72. The maximum atomic E-state index is 13.7. The van der Waals surface area contributed by atoms with E-state index < -0.39 is 60.2 Å². The molecule has 0 amide bonds. The molecule has 1 aliphatic carbocycles. The van der Waals surface area contributed by atoms with Crippen LogP contribution in [0.25, 0.3) is 0 Å². The molecule has 0 radical (unpaired) electrons. The number of carboxylic acids is 1. The Hall–Kier alpha value is -1.66. The maximum Gasteiger partial charge on any atom is 0.314 e. The number of halogens is 4. The van der Waals surface area contributed by atoms with Crippen LogP contribution in [0, 0.1) is 11.6 Å². The molecule has 1 saturated carbocycles. The van der Waals surface area contributed by atoms with Gasteiger partial charge in [0.25, 0.3) is 0 Å². The molecule has 0 aromatic carbocycles. The fourth-order valence-electron chi connectivity index (χ4n) is 2.48. The molecule has 1 aromatic rings. The summed E-state index contributed by atoms with van der Waals surface area (Å²) in [6.07, 6.45) is -1.05. The lowest BCUT2D eigenvalue weighted by molar-refractivity contribution is -0.149. The molecule has 3 nitrogen and oxygen atoms in total. The van der Waals surface area contributed by atoms with Crippen molar-refractivity contribution in [2.75, 3.05) is 0 Å². The Morgan fingerprint density at radius 3 is 2.00 bits per heavy atom. The molecule has 1 N–H and O–H groups in total. The summed E-state index contributed by atoms with van der Waals surface area (Å²) in [4.78, 5) is 14.7. The molecule has 0 aliphatic heterocycles. The average Bonchev–Trinajstić information content (AvgIpc) is 2.30. The Bertz CT molecular complexity index is 488.